The molecule has 4 heteroatoms. The van der Waals surface area contributed by atoms with Crippen LogP contribution in [-0.2, 0) is 74.2 Å². The van der Waals surface area contributed by atoms with E-state index in [1.54, 1.807) is 0 Å². The fraction of sp³-hybridized carbons (Fsp3) is 0.121. The van der Waals surface area contributed by atoms with Crippen LogP contribution in [0.25, 0.3) is 24.3 Å². The fourth-order valence-electron chi connectivity index (χ4n) is 9.03. The van der Waals surface area contributed by atoms with Gasteiger partial charge in [0.25, 0.3) is 0 Å². The number of allylic oxidation sites excluding steroid dienone is 4. The molecule has 4 aliphatic rings. The summed E-state index contributed by atoms with van der Waals surface area (Å²) in [6, 6.07) is 76.7. The van der Waals surface area contributed by atoms with E-state index in [9.17, 15) is 0 Å². The van der Waals surface area contributed by atoms with Crippen molar-refractivity contribution in [2.45, 2.75) is 49.4 Å². The monoisotopic (exact) mass is 1100 g/mol. The topological polar surface area (TPSA) is 0 Å². The van der Waals surface area contributed by atoms with Gasteiger partial charge < -0.3 is 24.8 Å². The van der Waals surface area contributed by atoms with E-state index in [0.717, 1.165) is 25.7 Å². The Kier molecular flexibility index (Phi) is 24.3. The molecule has 0 N–H and O–H groups in total. The van der Waals surface area contributed by atoms with Gasteiger partial charge in [-0.25, -0.2) is 24.3 Å². The molecule has 0 spiro atoms. The van der Waals surface area contributed by atoms with Crippen LogP contribution < -0.4 is 24.8 Å². The smallest absolute Gasteiger partial charge is 1.00 e. The fourth-order valence-corrected chi connectivity index (χ4v) is 9.03. The van der Waals surface area contributed by atoms with Crippen molar-refractivity contribution in [1.82, 2.24) is 0 Å². The molecule has 0 nitrogen and oxygen atoms in total. The average molecular weight is 1100 g/mol. The van der Waals surface area contributed by atoms with Crippen LogP contribution in [0.15, 0.2) is 218 Å². The predicted molar refractivity (Wildman–Crippen MR) is 282 cm³/mol. The third-order valence-corrected chi connectivity index (χ3v) is 12.4. The molecule has 4 atom stereocenters. The van der Waals surface area contributed by atoms with E-state index in [0.29, 0.717) is 23.7 Å². The van der Waals surface area contributed by atoms with E-state index in [-0.39, 0.29) is 24.8 Å². The number of fused-ring (bicyclic) bond motifs is 4. The van der Waals surface area contributed by atoms with E-state index in [2.05, 4.69) is 275 Å². The second-order valence-electron chi connectivity index (χ2n) is 16.7. The van der Waals surface area contributed by atoms with Gasteiger partial charge in [0.15, 0.2) is 0 Å². The molecule has 8 aromatic carbocycles. The zero-order chi connectivity index (χ0) is 47.2. The van der Waals surface area contributed by atoms with Gasteiger partial charge in [0.05, 0.1) is 0 Å². The minimum atomic E-state index is 0. The molecular formula is C66H56Cl2Zr2-2. The second-order valence-corrected chi connectivity index (χ2v) is 16.7. The Morgan fingerprint density at radius 1 is 0.257 bits per heavy atom. The maximum Gasteiger partial charge on any atom is -1.00 e. The molecule has 8 aromatic rings. The van der Waals surface area contributed by atoms with Gasteiger partial charge in [-0.05, 0) is 47.9 Å². The van der Waals surface area contributed by atoms with E-state index in [4.69, 9.17) is 0 Å². The largest absolute Gasteiger partial charge is 1.00 e. The molecule has 0 saturated heterocycles. The first-order chi connectivity index (χ1) is 33.7. The summed E-state index contributed by atoms with van der Waals surface area (Å²) in [5, 5.41) is 0. The van der Waals surface area contributed by atoms with Crippen molar-refractivity contribution in [3.05, 3.63) is 309 Å². The summed E-state index contributed by atoms with van der Waals surface area (Å²) >= 11 is 2.60. The Morgan fingerprint density at radius 3 is 0.629 bits per heavy atom. The van der Waals surface area contributed by atoms with Crippen LogP contribution in [0, 0.1) is 24.3 Å². The zero-order valence-electron chi connectivity index (χ0n) is 39.4. The molecule has 0 amide bonds. The van der Waals surface area contributed by atoms with Crippen LogP contribution in [0.1, 0.15) is 90.4 Å². The molecule has 70 heavy (non-hydrogen) atoms. The van der Waals surface area contributed by atoms with Crippen LogP contribution in [-0.4, -0.2) is 8.42 Å². The van der Waals surface area contributed by atoms with Crippen LogP contribution in [0.4, 0.5) is 0 Å². The molecule has 4 unspecified atom stereocenters. The van der Waals surface area contributed by atoms with Crippen molar-refractivity contribution < 1.29 is 73.3 Å². The van der Waals surface area contributed by atoms with Crippen LogP contribution in [0.5, 0.6) is 0 Å². The van der Waals surface area contributed by atoms with Crippen molar-refractivity contribution >= 4 is 32.7 Å². The van der Waals surface area contributed by atoms with Gasteiger partial charge in [-0.2, -0.15) is 22.3 Å². The minimum Gasteiger partial charge on any atom is -1.00 e. The molecule has 0 saturated carbocycles. The Hall–Kier alpha value is -5.19. The zero-order valence-corrected chi connectivity index (χ0v) is 45.8. The van der Waals surface area contributed by atoms with Gasteiger partial charge in [0, 0.05) is 0 Å². The maximum absolute atomic E-state index is 3.45. The van der Waals surface area contributed by atoms with Crippen molar-refractivity contribution in [1.29, 1.82) is 0 Å². The number of benzene rings is 8. The van der Waals surface area contributed by atoms with E-state index < -0.39 is 0 Å². The third kappa shape index (κ3) is 15.9. The van der Waals surface area contributed by atoms with Crippen LogP contribution in [0.3, 0.4) is 0 Å². The summed E-state index contributed by atoms with van der Waals surface area (Å²) in [5.41, 5.74) is 16.4. The summed E-state index contributed by atoms with van der Waals surface area (Å²) in [4.78, 5) is 0. The number of halogens is 2. The molecular weight excluding hydrogens is 1050 g/mol. The van der Waals surface area contributed by atoms with E-state index >= 15 is 0 Å². The second kappa shape index (κ2) is 30.5. The molecule has 344 valence electrons. The van der Waals surface area contributed by atoms with Gasteiger partial charge in [-0.15, -0.1) is 46.5 Å². The van der Waals surface area contributed by atoms with Crippen LogP contribution in [0.2, 0.25) is 0 Å². The first kappa shape index (κ1) is 55.7. The van der Waals surface area contributed by atoms with Crippen molar-refractivity contribution in [3.8, 4) is 0 Å². The van der Waals surface area contributed by atoms with Gasteiger partial charge in [-0.1, -0.05) is 218 Å². The van der Waals surface area contributed by atoms with E-state index in [1.807, 2.05) is 0 Å². The van der Waals surface area contributed by atoms with E-state index in [1.165, 1.54) is 115 Å². The third-order valence-electron chi connectivity index (χ3n) is 12.4. The van der Waals surface area contributed by atoms with Gasteiger partial charge in [0.1, 0.15) is 0 Å². The molecule has 0 bridgehead atoms. The van der Waals surface area contributed by atoms with Gasteiger partial charge >= 0.3 is 56.9 Å². The predicted octanol–water partition coefficient (Wildman–Crippen LogP) is 9.31. The molecule has 0 heterocycles. The quantitative estimate of drug-likeness (QED) is 0.133. The van der Waals surface area contributed by atoms with Crippen molar-refractivity contribution in [2.24, 2.45) is 0 Å². The molecule has 0 aromatic heterocycles. The molecule has 0 radical (unpaired) electrons. The summed E-state index contributed by atoms with van der Waals surface area (Å²) < 4.78 is 6.68. The first-order valence-electron chi connectivity index (χ1n) is 23.3. The Morgan fingerprint density at radius 2 is 0.429 bits per heavy atom. The first-order valence-corrected chi connectivity index (χ1v) is 26.8. The van der Waals surface area contributed by atoms with Crippen molar-refractivity contribution in [2.75, 3.05) is 0 Å². The number of hydrogen-bond acceptors (Lipinski definition) is 0. The standard InChI is InChI=1S/4C16H13.2CH2.2ClH.2Zr/c4*1-2-6-13(7-3-1)12-15-11-10-14-8-4-5-9-16(14)15;;;;;;/h4*1-10,15H,12H2;2*1H2;2*1H;;/q4*-1;;;;;2*+2/p-2. The summed E-state index contributed by atoms with van der Waals surface area (Å²) in [6.45, 7) is 0. The molecule has 0 aliphatic heterocycles. The number of rotatable bonds is 8. The normalized spacial score (nSPS) is 16.1. The Labute approximate surface area is 460 Å². The van der Waals surface area contributed by atoms with Gasteiger partial charge in [0.2, 0.25) is 0 Å². The number of hydrogen-bond donors (Lipinski definition) is 0. The average Bonchev–Trinajstić information content (AvgIpc) is 4.23. The van der Waals surface area contributed by atoms with Gasteiger partial charge in [-0.3, -0.25) is 24.3 Å². The summed E-state index contributed by atoms with van der Waals surface area (Å²) in [5.74, 6) is 1.72. The van der Waals surface area contributed by atoms with Crippen molar-refractivity contribution in [3.63, 3.8) is 0 Å². The summed E-state index contributed by atoms with van der Waals surface area (Å²) in [7, 11) is 0. The Balaban J connectivity index is 0.000000168. The summed E-state index contributed by atoms with van der Waals surface area (Å²) in [6.07, 6.45) is 26.4. The molecule has 4 aliphatic carbocycles. The molecule has 12 rings (SSSR count). The van der Waals surface area contributed by atoms with Crippen LogP contribution >= 0.6 is 0 Å². The molecule has 0 fully saturated rings. The maximum atomic E-state index is 3.45. The minimum absolute atomic E-state index is 0. The SMILES string of the molecule is [C-]1=Cc2ccccc2C1Cc1ccccc1.[C-]1=Cc2ccccc2C1Cc1ccccc1.[C-]1=Cc2ccccc2C1Cc1ccccc1.[C-]1=Cc2ccccc2C1Cc1ccccc1.[CH2]=[Zr+2].[CH2]=[Zr+2].[Cl-].[Cl-]. The Bertz CT molecular complexity index is 2490.